The lowest BCUT2D eigenvalue weighted by molar-refractivity contribution is 0.795. The Labute approximate surface area is 145 Å². The van der Waals surface area contributed by atoms with E-state index >= 15 is 0 Å². The summed E-state index contributed by atoms with van der Waals surface area (Å²) in [5.41, 5.74) is 6.09. The number of nitrogens with zero attached hydrogens (tertiary/aromatic N) is 3. The van der Waals surface area contributed by atoms with Crippen LogP contribution in [0.3, 0.4) is 0 Å². The molecular formula is C20H19N3S. The maximum Gasteiger partial charge on any atom is 0.205 e. The monoisotopic (exact) mass is 333 g/mol. The fourth-order valence-corrected chi connectivity index (χ4v) is 3.98. The summed E-state index contributed by atoms with van der Waals surface area (Å²) in [5.74, 6) is 0. The summed E-state index contributed by atoms with van der Waals surface area (Å²) < 4.78 is 2.00. The van der Waals surface area contributed by atoms with Gasteiger partial charge >= 0.3 is 0 Å². The molecule has 120 valence electrons. The minimum Gasteiger partial charge on any atom is -0.261 e. The van der Waals surface area contributed by atoms with E-state index in [0.29, 0.717) is 0 Å². The zero-order valence-corrected chi connectivity index (χ0v) is 14.5. The van der Waals surface area contributed by atoms with E-state index in [1.165, 1.54) is 11.1 Å². The molecule has 0 atom stereocenters. The van der Waals surface area contributed by atoms with Crippen LogP contribution in [-0.4, -0.2) is 17.4 Å². The summed E-state index contributed by atoms with van der Waals surface area (Å²) >= 11 is 1.63. The first-order valence-electron chi connectivity index (χ1n) is 8.22. The van der Waals surface area contributed by atoms with Crippen LogP contribution >= 0.6 is 11.3 Å². The van der Waals surface area contributed by atoms with Crippen molar-refractivity contribution in [3.63, 3.8) is 0 Å². The Balaban J connectivity index is 1.88. The highest BCUT2D eigenvalue weighted by Gasteiger charge is 2.16. The van der Waals surface area contributed by atoms with Crippen LogP contribution in [0.4, 0.5) is 0 Å². The average molecular weight is 333 g/mol. The lowest BCUT2D eigenvalue weighted by Crippen LogP contribution is -2.18. The number of aromatic nitrogens is 1. The third kappa shape index (κ3) is 2.74. The smallest absolute Gasteiger partial charge is 0.205 e. The van der Waals surface area contributed by atoms with Crippen LogP contribution < -0.4 is 4.80 Å². The molecular weight excluding hydrogens is 314 g/mol. The molecule has 0 spiro atoms. The molecule has 4 heteroatoms. The maximum atomic E-state index is 5.02. The molecule has 0 radical (unpaired) electrons. The number of thiazole rings is 1. The van der Waals surface area contributed by atoms with Crippen LogP contribution in [0.1, 0.15) is 24.0 Å². The van der Waals surface area contributed by atoms with Crippen LogP contribution in [-0.2, 0) is 6.42 Å². The molecule has 0 aliphatic heterocycles. The first-order valence-corrected chi connectivity index (χ1v) is 9.09. The zero-order valence-electron chi connectivity index (χ0n) is 13.6. The standard InChI is InChI=1S/C20H19N3S/c1-21-20-23(19(14-24-20)16-9-3-2-4-10-16)22-18-13-7-11-15-8-5-6-12-17(15)18/h2-6,8-10,12,14H,7,11,13H2,1H3. The molecule has 0 unspecified atom stereocenters. The van der Waals surface area contributed by atoms with Crippen molar-refractivity contribution in [2.24, 2.45) is 10.1 Å². The van der Waals surface area contributed by atoms with Gasteiger partial charge in [-0.25, -0.2) is 4.68 Å². The Morgan fingerprint density at radius 3 is 2.58 bits per heavy atom. The van der Waals surface area contributed by atoms with Crippen molar-refractivity contribution in [1.82, 2.24) is 4.68 Å². The Morgan fingerprint density at radius 2 is 1.75 bits per heavy atom. The minimum atomic E-state index is 0.921. The molecule has 2 aromatic carbocycles. The van der Waals surface area contributed by atoms with E-state index in [4.69, 9.17) is 5.10 Å². The molecule has 0 fully saturated rings. The van der Waals surface area contributed by atoms with Gasteiger partial charge in [-0.2, -0.15) is 5.10 Å². The zero-order chi connectivity index (χ0) is 16.4. The van der Waals surface area contributed by atoms with Crippen molar-refractivity contribution in [2.45, 2.75) is 19.3 Å². The molecule has 1 aliphatic carbocycles. The van der Waals surface area contributed by atoms with Gasteiger partial charge < -0.3 is 0 Å². The molecule has 0 saturated carbocycles. The third-order valence-corrected chi connectivity index (χ3v) is 5.26. The number of hydrogen-bond donors (Lipinski definition) is 0. The summed E-state index contributed by atoms with van der Waals surface area (Å²) in [6, 6.07) is 19.0. The van der Waals surface area contributed by atoms with Gasteiger partial charge in [-0.1, -0.05) is 54.6 Å². The van der Waals surface area contributed by atoms with Crippen molar-refractivity contribution in [3.05, 3.63) is 75.9 Å². The molecule has 4 rings (SSSR count). The minimum absolute atomic E-state index is 0.921. The fourth-order valence-electron chi connectivity index (χ4n) is 3.18. The van der Waals surface area contributed by atoms with Gasteiger partial charge in [-0.15, -0.1) is 11.3 Å². The second kappa shape index (κ2) is 6.57. The van der Waals surface area contributed by atoms with E-state index in [-0.39, 0.29) is 0 Å². The third-order valence-electron chi connectivity index (χ3n) is 4.35. The predicted molar refractivity (Wildman–Crippen MR) is 101 cm³/mol. The molecule has 1 heterocycles. The number of benzene rings is 2. The molecule has 0 bridgehead atoms. The average Bonchev–Trinajstić information content (AvgIpc) is 3.05. The van der Waals surface area contributed by atoms with Gasteiger partial charge in [0.1, 0.15) is 0 Å². The van der Waals surface area contributed by atoms with E-state index in [1.807, 2.05) is 17.8 Å². The normalized spacial score (nSPS) is 16.4. The van der Waals surface area contributed by atoms with Gasteiger partial charge in [0.2, 0.25) is 4.80 Å². The van der Waals surface area contributed by atoms with Gasteiger partial charge in [0.15, 0.2) is 0 Å². The maximum absolute atomic E-state index is 5.02. The second-order valence-corrected chi connectivity index (χ2v) is 6.70. The summed E-state index contributed by atoms with van der Waals surface area (Å²) in [4.78, 5) is 5.33. The van der Waals surface area contributed by atoms with Crippen molar-refractivity contribution >= 4 is 17.0 Å². The highest BCUT2D eigenvalue weighted by molar-refractivity contribution is 7.07. The molecule has 0 N–H and O–H groups in total. The van der Waals surface area contributed by atoms with E-state index in [0.717, 1.165) is 41.0 Å². The summed E-state index contributed by atoms with van der Waals surface area (Å²) in [5, 5.41) is 7.15. The number of hydrogen-bond acceptors (Lipinski definition) is 3. The van der Waals surface area contributed by atoms with Crippen LogP contribution in [0.25, 0.3) is 11.3 Å². The van der Waals surface area contributed by atoms with Crippen molar-refractivity contribution in [3.8, 4) is 11.3 Å². The van der Waals surface area contributed by atoms with Gasteiger partial charge in [0.25, 0.3) is 0 Å². The number of rotatable bonds is 2. The number of fused-ring (bicyclic) bond motifs is 1. The van der Waals surface area contributed by atoms with Gasteiger partial charge in [0, 0.05) is 23.6 Å². The van der Waals surface area contributed by atoms with Crippen LogP contribution in [0.15, 0.2) is 70.1 Å². The second-order valence-electron chi connectivity index (χ2n) is 5.86. The molecule has 1 aromatic heterocycles. The molecule has 1 aliphatic rings. The Morgan fingerprint density at radius 1 is 0.958 bits per heavy atom. The largest absolute Gasteiger partial charge is 0.261 e. The van der Waals surface area contributed by atoms with Gasteiger partial charge in [-0.3, -0.25) is 4.99 Å². The fraction of sp³-hybridized carbons (Fsp3) is 0.200. The van der Waals surface area contributed by atoms with Crippen molar-refractivity contribution < 1.29 is 0 Å². The highest BCUT2D eigenvalue weighted by Crippen LogP contribution is 2.24. The van der Waals surface area contributed by atoms with E-state index in [2.05, 4.69) is 58.9 Å². The summed E-state index contributed by atoms with van der Waals surface area (Å²) in [6.07, 6.45) is 3.30. The quantitative estimate of drug-likeness (QED) is 0.668. The first-order chi connectivity index (χ1) is 11.9. The van der Waals surface area contributed by atoms with Crippen LogP contribution in [0.5, 0.6) is 0 Å². The Kier molecular flexibility index (Phi) is 4.13. The SMILES string of the molecule is CN=c1scc(-c2ccccc2)n1N=C1CCCc2ccccc21. The van der Waals surface area contributed by atoms with Crippen molar-refractivity contribution in [1.29, 1.82) is 0 Å². The summed E-state index contributed by atoms with van der Waals surface area (Å²) in [6.45, 7) is 0. The van der Waals surface area contributed by atoms with Gasteiger partial charge in [0.05, 0.1) is 11.4 Å². The molecule has 3 aromatic rings. The van der Waals surface area contributed by atoms with E-state index in [9.17, 15) is 0 Å². The highest BCUT2D eigenvalue weighted by atomic mass is 32.1. The molecule has 0 saturated heterocycles. The van der Waals surface area contributed by atoms with Crippen molar-refractivity contribution in [2.75, 3.05) is 7.05 Å². The Hall–Kier alpha value is -2.46. The topological polar surface area (TPSA) is 29.6 Å². The van der Waals surface area contributed by atoms with Gasteiger partial charge in [-0.05, 0) is 24.8 Å². The lowest BCUT2D eigenvalue weighted by Gasteiger charge is -2.18. The predicted octanol–water partition coefficient (Wildman–Crippen LogP) is 4.34. The molecule has 3 nitrogen and oxygen atoms in total. The van der Waals surface area contributed by atoms with Crippen LogP contribution in [0.2, 0.25) is 0 Å². The van der Waals surface area contributed by atoms with Crippen LogP contribution in [0, 0.1) is 0 Å². The molecule has 24 heavy (non-hydrogen) atoms. The molecule has 0 amide bonds. The first kappa shape index (κ1) is 15.1. The van der Waals surface area contributed by atoms with E-state index in [1.54, 1.807) is 11.3 Å². The number of aryl methyl sites for hydroxylation is 1. The lowest BCUT2D eigenvalue weighted by atomic mass is 9.90. The Bertz CT molecular complexity index is 948. The van der Waals surface area contributed by atoms with E-state index < -0.39 is 0 Å². The summed E-state index contributed by atoms with van der Waals surface area (Å²) in [7, 11) is 1.83.